The Bertz CT molecular complexity index is 533. The van der Waals surface area contributed by atoms with Crippen LogP contribution in [0.4, 0.5) is 0 Å². The molecule has 0 saturated carbocycles. The SMILES string of the molecule is N#Cc1ccc(C#Cc2cccs2)cc1. The molecule has 1 nitrogen and oxygen atoms in total. The van der Waals surface area contributed by atoms with Crippen LogP contribution >= 0.6 is 11.3 Å². The lowest BCUT2D eigenvalue weighted by Gasteiger charge is -1.89. The average Bonchev–Trinajstić information content (AvgIpc) is 2.80. The van der Waals surface area contributed by atoms with Crippen molar-refractivity contribution < 1.29 is 0 Å². The number of nitrogens with zero attached hydrogens (tertiary/aromatic N) is 1. The zero-order valence-electron chi connectivity index (χ0n) is 7.90. The van der Waals surface area contributed by atoms with Gasteiger partial charge in [0.2, 0.25) is 0 Å². The highest BCUT2D eigenvalue weighted by molar-refractivity contribution is 7.10. The minimum Gasteiger partial charge on any atom is -0.192 e. The van der Waals surface area contributed by atoms with Gasteiger partial charge in [0.05, 0.1) is 16.5 Å². The van der Waals surface area contributed by atoms with Crippen LogP contribution < -0.4 is 0 Å². The first-order valence-corrected chi connectivity index (χ1v) is 5.32. The van der Waals surface area contributed by atoms with Crippen LogP contribution in [-0.2, 0) is 0 Å². The summed E-state index contributed by atoms with van der Waals surface area (Å²) >= 11 is 1.62. The van der Waals surface area contributed by atoms with Crippen LogP contribution in [0.3, 0.4) is 0 Å². The standard InChI is InChI=1S/C13H7NS/c14-10-12-5-3-11(4-6-12)7-8-13-2-1-9-15-13/h1-6,9H. The van der Waals surface area contributed by atoms with Crippen molar-refractivity contribution in [1.82, 2.24) is 0 Å². The first-order chi connectivity index (χ1) is 7.38. The summed E-state index contributed by atoms with van der Waals surface area (Å²) in [5.41, 5.74) is 1.60. The van der Waals surface area contributed by atoms with Gasteiger partial charge in [-0.1, -0.05) is 17.9 Å². The van der Waals surface area contributed by atoms with Crippen molar-refractivity contribution in [3.05, 3.63) is 57.8 Å². The fraction of sp³-hybridized carbons (Fsp3) is 0. The molecule has 1 aromatic heterocycles. The third-order valence-corrected chi connectivity index (χ3v) is 2.65. The molecule has 15 heavy (non-hydrogen) atoms. The summed E-state index contributed by atoms with van der Waals surface area (Å²) in [7, 11) is 0. The summed E-state index contributed by atoms with van der Waals surface area (Å²) in [6.07, 6.45) is 0. The molecule has 0 spiro atoms. The lowest BCUT2D eigenvalue weighted by atomic mass is 10.1. The summed E-state index contributed by atoms with van der Waals surface area (Å²) in [4.78, 5) is 1.05. The van der Waals surface area contributed by atoms with E-state index in [4.69, 9.17) is 5.26 Å². The molecule has 0 aliphatic heterocycles. The van der Waals surface area contributed by atoms with Gasteiger partial charge in [0.25, 0.3) is 0 Å². The second-order valence-electron chi connectivity index (χ2n) is 2.92. The Kier molecular flexibility index (Phi) is 2.83. The fourth-order valence-electron chi connectivity index (χ4n) is 1.11. The predicted molar refractivity (Wildman–Crippen MR) is 61.5 cm³/mol. The molecule has 1 heterocycles. The predicted octanol–water partition coefficient (Wildman–Crippen LogP) is 3.02. The van der Waals surface area contributed by atoms with Gasteiger partial charge >= 0.3 is 0 Å². The minimum atomic E-state index is 0.664. The Labute approximate surface area is 92.6 Å². The van der Waals surface area contributed by atoms with Crippen molar-refractivity contribution in [3.8, 4) is 17.9 Å². The number of hydrogen-bond donors (Lipinski definition) is 0. The quantitative estimate of drug-likeness (QED) is 0.612. The number of hydrogen-bond acceptors (Lipinski definition) is 2. The summed E-state index contributed by atoms with van der Waals surface area (Å²) in [6, 6.07) is 13.3. The van der Waals surface area contributed by atoms with Gasteiger partial charge in [-0.05, 0) is 35.7 Å². The highest BCUT2D eigenvalue weighted by Gasteiger charge is 1.89. The Morgan fingerprint density at radius 2 is 1.67 bits per heavy atom. The molecule has 0 unspecified atom stereocenters. The first kappa shape index (κ1) is 9.52. The monoisotopic (exact) mass is 209 g/mol. The molecule has 1 aromatic carbocycles. The van der Waals surface area contributed by atoms with Crippen LogP contribution in [0.1, 0.15) is 16.0 Å². The van der Waals surface area contributed by atoms with Crippen LogP contribution in [-0.4, -0.2) is 0 Å². The van der Waals surface area contributed by atoms with Crippen molar-refractivity contribution in [2.24, 2.45) is 0 Å². The lowest BCUT2D eigenvalue weighted by Crippen LogP contribution is -1.76. The first-order valence-electron chi connectivity index (χ1n) is 4.44. The summed E-state index contributed by atoms with van der Waals surface area (Å²) in [5, 5.41) is 10.6. The topological polar surface area (TPSA) is 23.8 Å². The summed E-state index contributed by atoms with van der Waals surface area (Å²) in [6.45, 7) is 0. The van der Waals surface area contributed by atoms with Crippen molar-refractivity contribution in [3.63, 3.8) is 0 Å². The summed E-state index contributed by atoms with van der Waals surface area (Å²) < 4.78 is 0. The molecule has 0 aliphatic carbocycles. The van der Waals surface area contributed by atoms with Gasteiger partial charge in [-0.3, -0.25) is 0 Å². The zero-order valence-corrected chi connectivity index (χ0v) is 8.71. The van der Waals surface area contributed by atoms with E-state index in [2.05, 4.69) is 17.9 Å². The Morgan fingerprint density at radius 1 is 0.933 bits per heavy atom. The van der Waals surface area contributed by atoms with E-state index in [1.165, 1.54) is 0 Å². The van der Waals surface area contributed by atoms with E-state index in [-0.39, 0.29) is 0 Å². The number of rotatable bonds is 0. The van der Waals surface area contributed by atoms with Crippen molar-refractivity contribution >= 4 is 11.3 Å². The van der Waals surface area contributed by atoms with Crippen LogP contribution in [0.2, 0.25) is 0 Å². The average molecular weight is 209 g/mol. The van der Waals surface area contributed by atoms with Crippen molar-refractivity contribution in [1.29, 1.82) is 5.26 Å². The third kappa shape index (κ3) is 2.47. The normalized spacial score (nSPS) is 8.73. The second-order valence-corrected chi connectivity index (χ2v) is 3.86. The van der Waals surface area contributed by atoms with E-state index in [1.54, 1.807) is 23.5 Å². The highest BCUT2D eigenvalue weighted by atomic mass is 32.1. The summed E-state index contributed by atoms with van der Waals surface area (Å²) in [5.74, 6) is 6.11. The molecule has 2 rings (SSSR count). The van der Waals surface area contributed by atoms with E-state index < -0.39 is 0 Å². The third-order valence-electron chi connectivity index (χ3n) is 1.87. The van der Waals surface area contributed by atoms with Gasteiger partial charge in [-0.2, -0.15) is 5.26 Å². The van der Waals surface area contributed by atoms with Crippen LogP contribution in [0, 0.1) is 23.2 Å². The fourth-order valence-corrected chi connectivity index (χ4v) is 1.68. The van der Waals surface area contributed by atoms with Crippen molar-refractivity contribution in [2.75, 3.05) is 0 Å². The molecule has 0 amide bonds. The van der Waals surface area contributed by atoms with Gasteiger partial charge in [0.15, 0.2) is 0 Å². The van der Waals surface area contributed by atoms with Gasteiger partial charge < -0.3 is 0 Å². The molecular formula is C13H7NS. The van der Waals surface area contributed by atoms with Gasteiger partial charge in [-0.15, -0.1) is 11.3 Å². The maximum Gasteiger partial charge on any atom is 0.0991 e. The smallest absolute Gasteiger partial charge is 0.0991 e. The van der Waals surface area contributed by atoms with Gasteiger partial charge in [0.1, 0.15) is 0 Å². The van der Waals surface area contributed by atoms with E-state index in [9.17, 15) is 0 Å². The molecule has 0 atom stereocenters. The second kappa shape index (κ2) is 4.46. The van der Waals surface area contributed by atoms with Crippen LogP contribution in [0.15, 0.2) is 41.8 Å². The molecule has 70 valence electrons. The maximum atomic E-state index is 8.62. The van der Waals surface area contributed by atoms with Gasteiger partial charge in [-0.25, -0.2) is 0 Å². The zero-order chi connectivity index (χ0) is 10.5. The highest BCUT2D eigenvalue weighted by Crippen LogP contribution is 2.07. The van der Waals surface area contributed by atoms with Gasteiger partial charge in [0, 0.05) is 5.56 Å². The molecule has 0 fully saturated rings. The largest absolute Gasteiger partial charge is 0.192 e. The van der Waals surface area contributed by atoms with E-state index in [0.29, 0.717) is 5.56 Å². The van der Waals surface area contributed by atoms with E-state index in [0.717, 1.165) is 10.4 Å². The molecule has 0 aliphatic rings. The molecular weight excluding hydrogens is 202 g/mol. The number of thiophene rings is 1. The maximum absolute atomic E-state index is 8.62. The van der Waals surface area contributed by atoms with Crippen LogP contribution in [0.25, 0.3) is 0 Å². The Balaban J connectivity index is 2.22. The number of benzene rings is 1. The molecule has 2 aromatic rings. The molecule has 0 bridgehead atoms. The molecule has 0 saturated heterocycles. The molecule has 0 radical (unpaired) electrons. The molecule has 0 N–H and O–H groups in total. The van der Waals surface area contributed by atoms with Crippen LogP contribution in [0.5, 0.6) is 0 Å². The van der Waals surface area contributed by atoms with E-state index in [1.807, 2.05) is 29.6 Å². The van der Waals surface area contributed by atoms with Crippen molar-refractivity contribution in [2.45, 2.75) is 0 Å². The lowest BCUT2D eigenvalue weighted by molar-refractivity contribution is 1.48. The number of nitriles is 1. The minimum absolute atomic E-state index is 0.664. The Hall–Kier alpha value is -2.03. The Morgan fingerprint density at radius 3 is 2.27 bits per heavy atom. The van der Waals surface area contributed by atoms with E-state index >= 15 is 0 Å². The molecule has 2 heteroatoms.